The fourth-order valence-electron chi connectivity index (χ4n) is 3.03. The predicted octanol–water partition coefficient (Wildman–Crippen LogP) is 2.38. The molecule has 0 aliphatic carbocycles. The van der Waals surface area contributed by atoms with Crippen molar-refractivity contribution in [3.63, 3.8) is 0 Å². The van der Waals surface area contributed by atoms with Gasteiger partial charge in [-0.1, -0.05) is 13.8 Å². The van der Waals surface area contributed by atoms with E-state index in [1.54, 1.807) is 11.8 Å². The summed E-state index contributed by atoms with van der Waals surface area (Å²) < 4.78 is 0. The zero-order valence-electron chi connectivity index (χ0n) is 15.5. The summed E-state index contributed by atoms with van der Waals surface area (Å²) in [4.78, 5) is 40.0. The van der Waals surface area contributed by atoms with E-state index in [2.05, 4.69) is 19.2 Å². The number of rotatable bonds is 7. The number of nitrogens with zero attached hydrogens (tertiary/aromatic N) is 2. The highest BCUT2D eigenvalue weighted by atomic mass is 16.2. The maximum Gasteiger partial charge on any atom is 0.325 e. The van der Waals surface area contributed by atoms with Gasteiger partial charge in [-0.25, -0.2) is 4.79 Å². The van der Waals surface area contributed by atoms with Crippen molar-refractivity contribution >= 4 is 17.8 Å². The normalized spacial score (nSPS) is 21.6. The SMILES string of the molecule is CC(C)CCC1(C)NC(=O)N(CC(=O)N(C(C)C)C(C)C)C1=O. The number of imide groups is 1. The molecule has 1 aliphatic rings. The van der Waals surface area contributed by atoms with E-state index in [9.17, 15) is 14.4 Å². The lowest BCUT2D eigenvalue weighted by Gasteiger charge is -2.32. The van der Waals surface area contributed by atoms with Crippen molar-refractivity contribution in [3.8, 4) is 0 Å². The minimum atomic E-state index is -0.901. The second kappa shape index (κ2) is 7.32. The largest absolute Gasteiger partial charge is 0.336 e. The zero-order valence-corrected chi connectivity index (χ0v) is 15.5. The smallest absolute Gasteiger partial charge is 0.325 e. The third-order valence-electron chi connectivity index (χ3n) is 4.26. The molecule has 1 aliphatic heterocycles. The maximum atomic E-state index is 12.6. The molecule has 1 rings (SSSR count). The Kier molecular flexibility index (Phi) is 6.19. The molecule has 0 aromatic heterocycles. The van der Waals surface area contributed by atoms with Crippen molar-refractivity contribution in [1.29, 1.82) is 0 Å². The number of hydrogen-bond acceptors (Lipinski definition) is 3. The molecule has 1 saturated heterocycles. The summed E-state index contributed by atoms with van der Waals surface area (Å²) in [5.74, 6) is -0.0554. The Hall–Kier alpha value is -1.59. The molecule has 6 heteroatoms. The highest BCUT2D eigenvalue weighted by Crippen LogP contribution is 2.25. The third kappa shape index (κ3) is 4.45. The number of urea groups is 1. The molecule has 23 heavy (non-hydrogen) atoms. The van der Waals surface area contributed by atoms with Gasteiger partial charge in [-0.05, 0) is 53.4 Å². The van der Waals surface area contributed by atoms with E-state index in [0.29, 0.717) is 12.3 Å². The molecule has 0 aromatic carbocycles. The molecular formula is C17H31N3O3. The Balaban J connectivity index is 2.83. The second-order valence-electron chi connectivity index (χ2n) is 7.57. The van der Waals surface area contributed by atoms with Crippen molar-refractivity contribution in [3.05, 3.63) is 0 Å². The van der Waals surface area contributed by atoms with E-state index in [-0.39, 0.29) is 30.4 Å². The third-order valence-corrected chi connectivity index (χ3v) is 4.26. The predicted molar refractivity (Wildman–Crippen MR) is 89.8 cm³/mol. The highest BCUT2D eigenvalue weighted by molar-refractivity contribution is 6.08. The minimum absolute atomic E-state index is 0.0237. The Morgan fingerprint density at radius 3 is 2.09 bits per heavy atom. The summed E-state index contributed by atoms with van der Waals surface area (Å²) in [7, 11) is 0. The Morgan fingerprint density at radius 1 is 1.13 bits per heavy atom. The molecule has 132 valence electrons. The van der Waals surface area contributed by atoms with Crippen LogP contribution in [0.25, 0.3) is 0 Å². The molecule has 0 radical (unpaired) electrons. The molecule has 1 N–H and O–H groups in total. The first-order valence-electron chi connectivity index (χ1n) is 8.45. The van der Waals surface area contributed by atoms with E-state index in [0.717, 1.165) is 11.3 Å². The molecule has 0 aromatic rings. The fourth-order valence-corrected chi connectivity index (χ4v) is 3.03. The van der Waals surface area contributed by atoms with Gasteiger partial charge in [0.05, 0.1) is 0 Å². The molecule has 1 unspecified atom stereocenters. The van der Waals surface area contributed by atoms with Gasteiger partial charge in [0.1, 0.15) is 12.1 Å². The fraction of sp³-hybridized carbons (Fsp3) is 0.824. The van der Waals surface area contributed by atoms with Crippen molar-refractivity contribution in [2.45, 2.75) is 78.9 Å². The van der Waals surface area contributed by atoms with Crippen LogP contribution in [0.3, 0.4) is 0 Å². The van der Waals surface area contributed by atoms with E-state index < -0.39 is 11.6 Å². The van der Waals surface area contributed by atoms with E-state index in [4.69, 9.17) is 0 Å². The van der Waals surface area contributed by atoms with Crippen molar-refractivity contribution in [1.82, 2.24) is 15.1 Å². The van der Waals surface area contributed by atoms with Gasteiger partial charge in [0.25, 0.3) is 5.91 Å². The lowest BCUT2D eigenvalue weighted by molar-refractivity contribution is -0.141. The van der Waals surface area contributed by atoms with Crippen LogP contribution in [0.15, 0.2) is 0 Å². The van der Waals surface area contributed by atoms with Crippen LogP contribution in [0.4, 0.5) is 4.79 Å². The summed E-state index contributed by atoms with van der Waals surface area (Å²) in [5, 5.41) is 2.75. The van der Waals surface area contributed by atoms with Crippen molar-refractivity contribution in [2.75, 3.05) is 6.54 Å². The van der Waals surface area contributed by atoms with Crippen LogP contribution in [0.5, 0.6) is 0 Å². The van der Waals surface area contributed by atoms with Gasteiger partial charge < -0.3 is 10.2 Å². The van der Waals surface area contributed by atoms with Gasteiger partial charge >= 0.3 is 6.03 Å². The van der Waals surface area contributed by atoms with Crippen LogP contribution in [-0.4, -0.2) is 51.8 Å². The van der Waals surface area contributed by atoms with Crippen LogP contribution in [0.2, 0.25) is 0 Å². The van der Waals surface area contributed by atoms with Crippen LogP contribution in [0.1, 0.15) is 61.3 Å². The zero-order chi connectivity index (χ0) is 17.9. The van der Waals surface area contributed by atoms with E-state index in [1.807, 2.05) is 27.7 Å². The van der Waals surface area contributed by atoms with Gasteiger partial charge in [-0.3, -0.25) is 14.5 Å². The van der Waals surface area contributed by atoms with Gasteiger partial charge in [0.2, 0.25) is 5.91 Å². The molecule has 0 bridgehead atoms. The Morgan fingerprint density at radius 2 is 1.65 bits per heavy atom. The molecule has 4 amide bonds. The van der Waals surface area contributed by atoms with Crippen molar-refractivity contribution in [2.24, 2.45) is 5.92 Å². The molecule has 0 spiro atoms. The topological polar surface area (TPSA) is 69.7 Å². The molecule has 1 heterocycles. The summed E-state index contributed by atoms with van der Waals surface area (Å²) in [5.41, 5.74) is -0.901. The lowest BCUT2D eigenvalue weighted by Crippen LogP contribution is -2.49. The monoisotopic (exact) mass is 325 g/mol. The van der Waals surface area contributed by atoms with Crippen molar-refractivity contribution < 1.29 is 14.4 Å². The van der Waals surface area contributed by atoms with Gasteiger partial charge in [0.15, 0.2) is 0 Å². The summed E-state index contributed by atoms with van der Waals surface area (Å²) >= 11 is 0. The Bertz CT molecular complexity index is 466. The van der Waals surface area contributed by atoms with Gasteiger partial charge in [-0.15, -0.1) is 0 Å². The summed E-state index contributed by atoms with van der Waals surface area (Å²) in [6.45, 7) is 13.4. The van der Waals surface area contributed by atoms with Gasteiger partial charge in [-0.2, -0.15) is 0 Å². The minimum Gasteiger partial charge on any atom is -0.336 e. The highest BCUT2D eigenvalue weighted by Gasteiger charge is 2.48. The first-order chi connectivity index (χ1) is 10.5. The van der Waals surface area contributed by atoms with Crippen LogP contribution < -0.4 is 5.32 Å². The molecule has 1 fully saturated rings. The average Bonchev–Trinajstić information content (AvgIpc) is 2.60. The first kappa shape index (κ1) is 19.5. The number of hydrogen-bond donors (Lipinski definition) is 1. The number of amides is 4. The van der Waals surface area contributed by atoms with Crippen LogP contribution in [-0.2, 0) is 9.59 Å². The average molecular weight is 325 g/mol. The lowest BCUT2D eigenvalue weighted by atomic mass is 9.92. The second-order valence-corrected chi connectivity index (χ2v) is 7.57. The molecule has 1 atom stereocenters. The maximum absolute atomic E-state index is 12.6. The number of carbonyl (C=O) groups excluding carboxylic acids is 3. The molecule has 0 saturated carbocycles. The summed E-state index contributed by atoms with van der Waals surface area (Å²) in [6, 6.07) is -0.423. The molecular weight excluding hydrogens is 294 g/mol. The van der Waals surface area contributed by atoms with E-state index in [1.165, 1.54) is 0 Å². The first-order valence-corrected chi connectivity index (χ1v) is 8.45. The standard InChI is InChI=1S/C17H31N3O3/c1-11(2)8-9-17(7)15(22)19(16(23)18-17)10-14(21)20(12(3)4)13(5)6/h11-13H,8-10H2,1-7H3,(H,18,23). The van der Waals surface area contributed by atoms with Gasteiger partial charge in [0, 0.05) is 12.1 Å². The number of nitrogens with one attached hydrogen (secondary N) is 1. The van der Waals surface area contributed by atoms with Crippen LogP contribution >= 0.6 is 0 Å². The quantitative estimate of drug-likeness (QED) is 0.731. The molecule has 6 nitrogen and oxygen atoms in total. The van der Waals surface area contributed by atoms with Crippen LogP contribution in [0, 0.1) is 5.92 Å². The summed E-state index contributed by atoms with van der Waals surface area (Å²) in [6.07, 6.45) is 1.42. The Labute approximate surface area is 139 Å². The van der Waals surface area contributed by atoms with E-state index >= 15 is 0 Å². The number of carbonyl (C=O) groups is 3.